The molecular formula is C22H33N7O2S. The number of hydrogen-bond acceptors (Lipinski definition) is 8. The quantitative estimate of drug-likeness (QED) is 0.521. The first-order valence-corrected chi connectivity index (χ1v) is 13.1. The number of piperidine rings is 1. The average molecular weight is 460 g/mol. The molecule has 32 heavy (non-hydrogen) atoms. The molecule has 5 heterocycles. The Bertz CT molecular complexity index is 1080. The molecule has 3 aliphatic heterocycles. The van der Waals surface area contributed by atoms with Gasteiger partial charge in [-0.2, -0.15) is 4.31 Å². The topological polar surface area (TPSA) is 111 Å². The van der Waals surface area contributed by atoms with Crippen LogP contribution in [-0.4, -0.2) is 58.3 Å². The van der Waals surface area contributed by atoms with Crippen molar-refractivity contribution in [2.45, 2.75) is 88.5 Å². The fraction of sp³-hybridized carbons (Fsp3) is 0.636. The number of hydrogen-bond donors (Lipinski definition) is 4. The van der Waals surface area contributed by atoms with Crippen LogP contribution in [0.1, 0.15) is 52.9 Å². The Morgan fingerprint density at radius 2 is 1.88 bits per heavy atom. The molecule has 2 aromatic heterocycles. The van der Waals surface area contributed by atoms with Crippen LogP contribution in [0.15, 0.2) is 24.4 Å². The fourth-order valence-electron chi connectivity index (χ4n) is 5.35. The molecule has 4 N–H and O–H groups in total. The molecule has 9 nitrogen and oxygen atoms in total. The minimum absolute atomic E-state index is 0.0691. The second-order valence-electron chi connectivity index (χ2n) is 9.67. The molecule has 0 amide bonds. The van der Waals surface area contributed by atoms with Crippen LogP contribution in [0.25, 0.3) is 10.9 Å². The molecule has 3 aliphatic rings. The van der Waals surface area contributed by atoms with Crippen molar-refractivity contribution in [3.63, 3.8) is 0 Å². The minimum atomic E-state index is -3.23. The van der Waals surface area contributed by atoms with Crippen LogP contribution in [0, 0.1) is 0 Å². The molecule has 2 aromatic rings. The first kappa shape index (κ1) is 21.8. The van der Waals surface area contributed by atoms with E-state index < -0.39 is 10.0 Å². The molecule has 5 rings (SSSR count). The molecule has 5 atom stereocenters. The zero-order valence-corrected chi connectivity index (χ0v) is 19.7. The van der Waals surface area contributed by atoms with E-state index in [0.717, 1.165) is 54.6 Å². The Labute approximate surface area is 189 Å². The molecule has 10 heteroatoms. The van der Waals surface area contributed by atoms with Gasteiger partial charge in [0.2, 0.25) is 10.0 Å². The third-order valence-electron chi connectivity index (χ3n) is 6.91. The summed E-state index contributed by atoms with van der Waals surface area (Å²) in [6, 6.07) is 6.65. The van der Waals surface area contributed by atoms with Crippen LogP contribution in [0.2, 0.25) is 0 Å². The summed E-state index contributed by atoms with van der Waals surface area (Å²) in [6.07, 6.45) is 6.33. The first-order valence-electron chi connectivity index (χ1n) is 11.6. The van der Waals surface area contributed by atoms with E-state index in [1.807, 2.05) is 18.2 Å². The first-order chi connectivity index (χ1) is 15.3. The Hall–Kier alpha value is -2.01. The van der Waals surface area contributed by atoms with Gasteiger partial charge in [0.1, 0.15) is 11.6 Å². The van der Waals surface area contributed by atoms with E-state index in [0.29, 0.717) is 6.04 Å². The lowest BCUT2D eigenvalue weighted by Gasteiger charge is -2.39. The molecule has 0 saturated carbocycles. The number of pyridine rings is 2. The zero-order chi connectivity index (χ0) is 22.5. The second kappa shape index (κ2) is 8.40. The van der Waals surface area contributed by atoms with Gasteiger partial charge in [-0.1, -0.05) is 0 Å². The molecule has 3 fully saturated rings. The molecule has 174 valence electrons. The van der Waals surface area contributed by atoms with Crippen LogP contribution in [-0.2, 0) is 10.0 Å². The van der Waals surface area contributed by atoms with Crippen molar-refractivity contribution in [3.8, 4) is 0 Å². The van der Waals surface area contributed by atoms with Gasteiger partial charge >= 0.3 is 0 Å². The number of aromatic nitrogens is 2. The van der Waals surface area contributed by atoms with Gasteiger partial charge < -0.3 is 10.6 Å². The Morgan fingerprint density at radius 3 is 2.53 bits per heavy atom. The van der Waals surface area contributed by atoms with Gasteiger partial charge in [0.15, 0.2) is 0 Å². The molecule has 0 radical (unpaired) electrons. The van der Waals surface area contributed by atoms with Crippen LogP contribution in [0.5, 0.6) is 0 Å². The van der Waals surface area contributed by atoms with Gasteiger partial charge in [0.25, 0.3) is 0 Å². The van der Waals surface area contributed by atoms with Gasteiger partial charge in [0, 0.05) is 41.8 Å². The summed E-state index contributed by atoms with van der Waals surface area (Å²) in [5.41, 5.74) is 7.35. The normalized spacial score (nSPS) is 30.8. The van der Waals surface area contributed by atoms with E-state index in [1.165, 1.54) is 0 Å². The maximum atomic E-state index is 12.9. The summed E-state index contributed by atoms with van der Waals surface area (Å²) in [5, 5.41) is 7.71. The standard InChI is InChI=1S/C22H33N7O2S/c1-13(2)32(30,31)29-16-6-7-17(29)11-15(10-16)24-22-18-5-4-8-23-19(18)12-20(26-22)25-21-9-14(3)27-28-21/h4-5,8,12-17,21,27-28H,6-7,9-11H2,1-3H3,(H2,24,25,26)/t14?,15?,16-,17+,21?. The number of anilines is 2. The van der Waals surface area contributed by atoms with E-state index in [1.54, 1.807) is 24.3 Å². The van der Waals surface area contributed by atoms with Crippen molar-refractivity contribution in [2.24, 2.45) is 0 Å². The Morgan fingerprint density at radius 1 is 1.12 bits per heavy atom. The molecule has 3 saturated heterocycles. The summed E-state index contributed by atoms with van der Waals surface area (Å²) < 4.78 is 27.6. The van der Waals surface area contributed by atoms with Gasteiger partial charge in [-0.15, -0.1) is 0 Å². The molecule has 2 bridgehead atoms. The van der Waals surface area contributed by atoms with Gasteiger partial charge in [0.05, 0.1) is 16.9 Å². The number of nitrogens with one attached hydrogen (secondary N) is 4. The fourth-order valence-corrected chi connectivity index (χ4v) is 7.05. The Balaban J connectivity index is 1.37. The van der Waals surface area contributed by atoms with E-state index in [9.17, 15) is 8.42 Å². The highest BCUT2D eigenvalue weighted by Gasteiger charge is 2.47. The predicted octanol–water partition coefficient (Wildman–Crippen LogP) is 2.40. The van der Waals surface area contributed by atoms with Crippen LogP contribution in [0.4, 0.5) is 11.6 Å². The summed E-state index contributed by atoms with van der Waals surface area (Å²) in [6.45, 7) is 5.68. The minimum Gasteiger partial charge on any atom is -0.367 e. The van der Waals surface area contributed by atoms with E-state index >= 15 is 0 Å². The third kappa shape index (κ3) is 4.05. The van der Waals surface area contributed by atoms with Crippen LogP contribution in [0.3, 0.4) is 0 Å². The number of rotatable bonds is 6. The average Bonchev–Trinajstić information content (AvgIpc) is 3.28. The maximum absolute atomic E-state index is 12.9. The highest BCUT2D eigenvalue weighted by atomic mass is 32.2. The maximum Gasteiger partial charge on any atom is 0.216 e. The van der Waals surface area contributed by atoms with Crippen molar-refractivity contribution in [2.75, 3.05) is 10.6 Å². The lowest BCUT2D eigenvalue weighted by molar-refractivity contribution is 0.233. The van der Waals surface area contributed by atoms with Gasteiger partial charge in [-0.25, -0.2) is 18.8 Å². The molecule has 3 unspecified atom stereocenters. The number of hydrazine groups is 1. The number of sulfonamides is 1. The van der Waals surface area contributed by atoms with E-state index in [4.69, 9.17) is 4.98 Å². The van der Waals surface area contributed by atoms with E-state index in [-0.39, 0.29) is 29.5 Å². The third-order valence-corrected chi connectivity index (χ3v) is 9.29. The highest BCUT2D eigenvalue weighted by molar-refractivity contribution is 7.89. The monoisotopic (exact) mass is 459 g/mol. The summed E-state index contributed by atoms with van der Waals surface area (Å²) in [5.74, 6) is 1.58. The number of fused-ring (bicyclic) bond motifs is 3. The lowest BCUT2D eigenvalue weighted by atomic mass is 9.99. The summed E-state index contributed by atoms with van der Waals surface area (Å²) in [4.78, 5) is 9.44. The molecule has 0 spiro atoms. The highest BCUT2D eigenvalue weighted by Crippen LogP contribution is 2.40. The molecule has 0 aromatic carbocycles. The number of nitrogens with zero attached hydrogens (tertiary/aromatic N) is 3. The van der Waals surface area contributed by atoms with Gasteiger partial charge in [-0.05, 0) is 65.0 Å². The van der Waals surface area contributed by atoms with Crippen molar-refractivity contribution in [1.29, 1.82) is 0 Å². The largest absolute Gasteiger partial charge is 0.367 e. The van der Waals surface area contributed by atoms with Crippen molar-refractivity contribution >= 4 is 32.6 Å². The van der Waals surface area contributed by atoms with Crippen molar-refractivity contribution in [3.05, 3.63) is 24.4 Å². The summed E-state index contributed by atoms with van der Waals surface area (Å²) >= 11 is 0. The molecule has 0 aliphatic carbocycles. The molecular weight excluding hydrogens is 426 g/mol. The zero-order valence-electron chi connectivity index (χ0n) is 18.9. The van der Waals surface area contributed by atoms with Gasteiger partial charge in [-0.3, -0.25) is 10.4 Å². The van der Waals surface area contributed by atoms with Crippen molar-refractivity contribution < 1.29 is 8.42 Å². The van der Waals surface area contributed by atoms with Crippen LogP contribution < -0.4 is 21.5 Å². The summed E-state index contributed by atoms with van der Waals surface area (Å²) in [7, 11) is -3.23. The SMILES string of the molecule is CC1CC(Nc2cc3ncccc3c(NC3C[C@H]4CC[C@@H](C3)N4S(=O)(=O)C(C)C)n2)NN1. The van der Waals surface area contributed by atoms with Crippen LogP contribution >= 0.6 is 0 Å². The smallest absolute Gasteiger partial charge is 0.216 e. The Kier molecular flexibility index (Phi) is 5.73. The lowest BCUT2D eigenvalue weighted by Crippen LogP contribution is -2.51. The predicted molar refractivity (Wildman–Crippen MR) is 127 cm³/mol. The van der Waals surface area contributed by atoms with E-state index in [2.05, 4.69) is 33.4 Å². The second-order valence-corrected chi connectivity index (χ2v) is 12.1. The van der Waals surface area contributed by atoms with Crippen molar-refractivity contribution in [1.82, 2.24) is 25.1 Å².